The summed E-state index contributed by atoms with van der Waals surface area (Å²) in [7, 11) is 0. The molecule has 20 heavy (non-hydrogen) atoms. The second-order valence-electron chi connectivity index (χ2n) is 5.49. The number of hydrogen-bond acceptors (Lipinski definition) is 1. The fourth-order valence-corrected chi connectivity index (χ4v) is 2.13. The van der Waals surface area contributed by atoms with E-state index in [1.54, 1.807) is 0 Å². The van der Waals surface area contributed by atoms with Crippen molar-refractivity contribution in [3.8, 4) is 0 Å². The van der Waals surface area contributed by atoms with Crippen LogP contribution >= 0.6 is 0 Å². The van der Waals surface area contributed by atoms with E-state index in [9.17, 15) is 0 Å². The zero-order valence-corrected chi connectivity index (χ0v) is 13.8. The Bertz CT molecular complexity index is 196. The second kappa shape index (κ2) is 20.5. The van der Waals surface area contributed by atoms with Crippen molar-refractivity contribution in [1.29, 1.82) is 0 Å². The molecule has 2 nitrogen and oxygen atoms in total. The van der Waals surface area contributed by atoms with Crippen molar-refractivity contribution in [1.82, 2.24) is 0 Å². The van der Waals surface area contributed by atoms with Gasteiger partial charge in [-0.3, -0.25) is 4.79 Å². The van der Waals surface area contributed by atoms with E-state index in [1.807, 2.05) is 6.08 Å². The lowest BCUT2D eigenvalue weighted by Crippen LogP contribution is -1.82. The highest BCUT2D eigenvalue weighted by atomic mass is 16.4. The molecule has 0 spiro atoms. The smallest absolute Gasteiger partial charge is 0.300 e. The number of hydrogen-bond donors (Lipinski definition) is 1. The van der Waals surface area contributed by atoms with Crippen LogP contribution in [0.2, 0.25) is 0 Å². The minimum Gasteiger partial charge on any atom is -0.481 e. The minimum absolute atomic E-state index is 0.833. The van der Waals surface area contributed by atoms with Gasteiger partial charge in [0.05, 0.1) is 0 Å². The molecule has 0 saturated carbocycles. The summed E-state index contributed by atoms with van der Waals surface area (Å²) in [5, 5.41) is 7.42. The van der Waals surface area contributed by atoms with Crippen molar-refractivity contribution >= 4 is 5.97 Å². The predicted octanol–water partition coefficient (Wildman–Crippen LogP) is 6.35. The summed E-state index contributed by atoms with van der Waals surface area (Å²) in [6.07, 6.45) is 20.5. The van der Waals surface area contributed by atoms with E-state index < -0.39 is 5.97 Å². The summed E-state index contributed by atoms with van der Waals surface area (Å²) in [5.41, 5.74) is 0. The number of aliphatic carboxylic acids is 1. The van der Waals surface area contributed by atoms with Crippen molar-refractivity contribution in [3.63, 3.8) is 0 Å². The van der Waals surface area contributed by atoms with Gasteiger partial charge in [0.15, 0.2) is 0 Å². The molecule has 0 bridgehead atoms. The van der Waals surface area contributed by atoms with Crippen LogP contribution in [-0.2, 0) is 4.79 Å². The van der Waals surface area contributed by atoms with E-state index in [2.05, 4.69) is 13.5 Å². The SMILES string of the molecule is C=CCCCCCCCCCCCCCC.CC(=O)O. The van der Waals surface area contributed by atoms with Crippen molar-refractivity contribution in [2.45, 2.75) is 97.3 Å². The summed E-state index contributed by atoms with van der Waals surface area (Å²) in [6.45, 7) is 7.12. The molecule has 0 aromatic carbocycles. The molecule has 0 aliphatic heterocycles. The Labute approximate surface area is 126 Å². The first-order chi connectivity index (χ1) is 9.65. The van der Waals surface area contributed by atoms with Crippen LogP contribution in [0.3, 0.4) is 0 Å². The average Bonchev–Trinajstić information content (AvgIpc) is 2.39. The molecular formula is C18H36O2. The lowest BCUT2D eigenvalue weighted by molar-refractivity contribution is -0.134. The molecule has 0 atom stereocenters. The van der Waals surface area contributed by atoms with Crippen LogP contribution in [0, 0.1) is 0 Å². The third-order valence-electron chi connectivity index (χ3n) is 3.26. The van der Waals surface area contributed by atoms with Crippen LogP contribution in [0.25, 0.3) is 0 Å². The summed E-state index contributed by atoms with van der Waals surface area (Å²) in [4.78, 5) is 9.00. The molecule has 0 aliphatic carbocycles. The molecule has 0 saturated heterocycles. The Morgan fingerprint density at radius 1 is 0.850 bits per heavy atom. The Morgan fingerprint density at radius 3 is 1.45 bits per heavy atom. The predicted molar refractivity (Wildman–Crippen MR) is 89.2 cm³/mol. The first-order valence-corrected chi connectivity index (χ1v) is 8.45. The zero-order valence-electron chi connectivity index (χ0n) is 13.8. The fourth-order valence-electron chi connectivity index (χ4n) is 2.13. The third-order valence-corrected chi connectivity index (χ3v) is 3.26. The van der Waals surface area contributed by atoms with E-state index in [0.717, 1.165) is 6.92 Å². The fraction of sp³-hybridized carbons (Fsp3) is 0.833. The van der Waals surface area contributed by atoms with Gasteiger partial charge in [0.2, 0.25) is 0 Å². The van der Waals surface area contributed by atoms with Crippen molar-refractivity contribution in [2.24, 2.45) is 0 Å². The quantitative estimate of drug-likeness (QED) is 0.316. The summed E-state index contributed by atoms with van der Waals surface area (Å²) in [5.74, 6) is -0.833. The Hall–Kier alpha value is -0.790. The maximum Gasteiger partial charge on any atom is 0.300 e. The van der Waals surface area contributed by atoms with Gasteiger partial charge in [0, 0.05) is 6.92 Å². The molecule has 0 heterocycles. The minimum atomic E-state index is -0.833. The first kappa shape index (κ1) is 21.5. The maximum absolute atomic E-state index is 9.00. The summed E-state index contributed by atoms with van der Waals surface area (Å²) >= 11 is 0. The average molecular weight is 284 g/mol. The molecule has 0 amide bonds. The molecule has 0 rings (SSSR count). The van der Waals surface area contributed by atoms with Gasteiger partial charge in [-0.25, -0.2) is 0 Å². The van der Waals surface area contributed by atoms with Crippen LogP contribution in [0.15, 0.2) is 12.7 Å². The molecule has 2 heteroatoms. The number of allylic oxidation sites excluding steroid dienone is 1. The Kier molecular flexibility index (Phi) is 22.1. The normalized spacial score (nSPS) is 9.70. The van der Waals surface area contributed by atoms with E-state index in [1.165, 1.54) is 83.5 Å². The first-order valence-electron chi connectivity index (χ1n) is 8.45. The lowest BCUT2D eigenvalue weighted by Gasteiger charge is -2.02. The van der Waals surface area contributed by atoms with Gasteiger partial charge < -0.3 is 5.11 Å². The molecule has 1 N–H and O–H groups in total. The molecule has 0 fully saturated rings. The van der Waals surface area contributed by atoms with Gasteiger partial charge in [-0.05, 0) is 12.8 Å². The number of unbranched alkanes of at least 4 members (excludes halogenated alkanes) is 12. The van der Waals surface area contributed by atoms with E-state index in [4.69, 9.17) is 9.90 Å². The zero-order chi connectivity index (χ0) is 15.5. The number of rotatable bonds is 13. The summed E-state index contributed by atoms with van der Waals surface area (Å²) in [6, 6.07) is 0. The van der Waals surface area contributed by atoms with Gasteiger partial charge in [-0.15, -0.1) is 6.58 Å². The molecule has 0 unspecified atom stereocenters. The van der Waals surface area contributed by atoms with E-state index >= 15 is 0 Å². The summed E-state index contributed by atoms with van der Waals surface area (Å²) < 4.78 is 0. The molecule has 0 radical (unpaired) electrons. The number of carboxylic acid groups (broad SMARTS) is 1. The van der Waals surface area contributed by atoms with Crippen LogP contribution in [-0.4, -0.2) is 11.1 Å². The maximum atomic E-state index is 9.00. The van der Waals surface area contributed by atoms with Gasteiger partial charge in [0.25, 0.3) is 5.97 Å². The van der Waals surface area contributed by atoms with Gasteiger partial charge in [0.1, 0.15) is 0 Å². The van der Waals surface area contributed by atoms with E-state index in [0.29, 0.717) is 0 Å². The molecule has 0 aliphatic rings. The topological polar surface area (TPSA) is 37.3 Å². The number of carboxylic acids is 1. The Balaban J connectivity index is 0. The Morgan fingerprint density at radius 2 is 1.15 bits per heavy atom. The highest BCUT2D eigenvalue weighted by Gasteiger charge is 1.92. The number of carbonyl (C=O) groups is 1. The highest BCUT2D eigenvalue weighted by molar-refractivity contribution is 5.62. The van der Waals surface area contributed by atoms with Gasteiger partial charge in [-0.2, -0.15) is 0 Å². The monoisotopic (exact) mass is 284 g/mol. The standard InChI is InChI=1S/C16H32.C2H4O2/c1-3-5-7-9-11-13-15-16-14-12-10-8-6-4-2;1-2(3)4/h3H,1,4-16H2,2H3;1H3,(H,3,4). The molecule has 0 aromatic heterocycles. The van der Waals surface area contributed by atoms with Crippen molar-refractivity contribution in [2.75, 3.05) is 0 Å². The van der Waals surface area contributed by atoms with E-state index in [-0.39, 0.29) is 0 Å². The van der Waals surface area contributed by atoms with Crippen LogP contribution in [0.1, 0.15) is 97.3 Å². The third kappa shape index (κ3) is 30.3. The van der Waals surface area contributed by atoms with Crippen LogP contribution in [0.4, 0.5) is 0 Å². The lowest BCUT2D eigenvalue weighted by atomic mass is 10.0. The van der Waals surface area contributed by atoms with Crippen molar-refractivity contribution < 1.29 is 9.90 Å². The molecular weight excluding hydrogens is 248 g/mol. The largest absolute Gasteiger partial charge is 0.481 e. The van der Waals surface area contributed by atoms with Gasteiger partial charge >= 0.3 is 0 Å². The van der Waals surface area contributed by atoms with Gasteiger partial charge in [-0.1, -0.05) is 83.6 Å². The van der Waals surface area contributed by atoms with Crippen LogP contribution < -0.4 is 0 Å². The molecule has 120 valence electrons. The highest BCUT2D eigenvalue weighted by Crippen LogP contribution is 2.12. The van der Waals surface area contributed by atoms with Crippen molar-refractivity contribution in [3.05, 3.63) is 12.7 Å². The van der Waals surface area contributed by atoms with Crippen LogP contribution in [0.5, 0.6) is 0 Å². The molecule has 0 aromatic rings. The second-order valence-corrected chi connectivity index (χ2v) is 5.49.